The van der Waals surface area contributed by atoms with Crippen LogP contribution >= 0.6 is 0 Å². The summed E-state index contributed by atoms with van der Waals surface area (Å²) in [6.07, 6.45) is 0. The predicted octanol–water partition coefficient (Wildman–Crippen LogP) is 0.980. The van der Waals surface area contributed by atoms with Crippen molar-refractivity contribution in [1.29, 1.82) is 0 Å². The molecule has 0 aromatic heterocycles. The Morgan fingerprint density at radius 3 is 2.00 bits per heavy atom. The summed E-state index contributed by atoms with van der Waals surface area (Å²) in [6.45, 7) is 0.963. The first kappa shape index (κ1) is 13.8. The van der Waals surface area contributed by atoms with Crippen molar-refractivity contribution in [2.24, 2.45) is 0 Å². The third-order valence-corrected chi connectivity index (χ3v) is 1.31. The average molecular weight is 227 g/mol. The number of hydrogen-bond donors (Lipinski definition) is 4. The molecule has 0 bridgehead atoms. The topological polar surface area (TPSA) is 107 Å². The van der Waals surface area contributed by atoms with Gasteiger partial charge in [-0.3, -0.25) is 9.59 Å². The van der Waals surface area contributed by atoms with E-state index in [4.69, 9.17) is 20.1 Å². The molecule has 0 saturated carbocycles. The van der Waals surface area contributed by atoms with Gasteiger partial charge in [0.15, 0.2) is 0 Å². The van der Waals surface area contributed by atoms with E-state index in [-0.39, 0.29) is 12.3 Å². The van der Waals surface area contributed by atoms with Crippen molar-refractivity contribution < 1.29 is 24.9 Å². The maximum atomic E-state index is 10.1. The molecule has 0 radical (unpaired) electrons. The lowest BCUT2D eigenvalue weighted by molar-refractivity contribution is -0.135. The van der Waals surface area contributed by atoms with Gasteiger partial charge in [0, 0.05) is 12.6 Å². The maximum absolute atomic E-state index is 10.1. The molecule has 1 aromatic carbocycles. The van der Waals surface area contributed by atoms with Crippen LogP contribution in [0, 0.1) is 0 Å². The highest BCUT2D eigenvalue weighted by Crippen LogP contribution is 2.12. The molecule has 0 spiro atoms. The van der Waals surface area contributed by atoms with Crippen LogP contribution in [-0.4, -0.2) is 33.8 Å². The van der Waals surface area contributed by atoms with E-state index in [2.05, 4.69) is 5.32 Å². The molecule has 6 heteroatoms. The smallest absolute Gasteiger partial charge is 0.322 e. The molecule has 0 unspecified atom stereocenters. The number of hydrogen-bond acceptors (Lipinski definition) is 4. The summed E-state index contributed by atoms with van der Waals surface area (Å²) in [6, 6.07) is 6.20. The summed E-state index contributed by atoms with van der Waals surface area (Å²) in [7, 11) is 0. The van der Waals surface area contributed by atoms with E-state index in [1.54, 1.807) is 12.1 Å². The van der Waals surface area contributed by atoms with Gasteiger partial charge in [0.1, 0.15) is 12.3 Å². The summed E-state index contributed by atoms with van der Waals surface area (Å²) < 4.78 is 0. The van der Waals surface area contributed by atoms with Gasteiger partial charge < -0.3 is 20.6 Å². The lowest BCUT2D eigenvalue weighted by atomic mass is 10.3. The fraction of sp³-hybridized carbons (Fsp3) is 0.200. The zero-order valence-electron chi connectivity index (χ0n) is 8.67. The lowest BCUT2D eigenvalue weighted by Crippen LogP contribution is -2.11. The van der Waals surface area contributed by atoms with E-state index in [0.29, 0.717) is 5.69 Å². The Labute approximate surface area is 92.2 Å². The molecule has 0 aliphatic heterocycles. The van der Waals surface area contributed by atoms with Crippen LogP contribution in [0.4, 0.5) is 5.69 Å². The molecule has 0 heterocycles. The number of carboxylic acid groups (broad SMARTS) is 2. The van der Waals surface area contributed by atoms with E-state index in [0.717, 1.165) is 6.92 Å². The van der Waals surface area contributed by atoms with E-state index in [1.807, 2.05) is 0 Å². The van der Waals surface area contributed by atoms with Crippen LogP contribution in [0.1, 0.15) is 6.92 Å². The number of aliphatic carboxylic acids is 2. The normalized spacial score (nSPS) is 8.56. The molecular formula is C10H13NO5. The van der Waals surface area contributed by atoms with E-state index >= 15 is 0 Å². The monoisotopic (exact) mass is 227 g/mol. The first-order valence-electron chi connectivity index (χ1n) is 4.36. The van der Waals surface area contributed by atoms with Crippen molar-refractivity contribution >= 4 is 17.6 Å². The largest absolute Gasteiger partial charge is 0.508 e. The fourth-order valence-corrected chi connectivity index (χ4v) is 0.757. The van der Waals surface area contributed by atoms with Crippen LogP contribution in [0.15, 0.2) is 24.3 Å². The van der Waals surface area contributed by atoms with E-state index in [9.17, 15) is 4.79 Å². The molecule has 6 nitrogen and oxygen atoms in total. The summed E-state index contributed by atoms with van der Waals surface area (Å²) >= 11 is 0. The number of carbonyl (C=O) groups is 2. The van der Waals surface area contributed by atoms with Gasteiger partial charge in [0.25, 0.3) is 5.97 Å². The van der Waals surface area contributed by atoms with Gasteiger partial charge in [-0.25, -0.2) is 0 Å². The van der Waals surface area contributed by atoms with Gasteiger partial charge in [-0.15, -0.1) is 0 Å². The molecule has 0 amide bonds. The van der Waals surface area contributed by atoms with Gasteiger partial charge >= 0.3 is 5.97 Å². The third-order valence-electron chi connectivity index (χ3n) is 1.31. The van der Waals surface area contributed by atoms with Crippen LogP contribution in [-0.2, 0) is 9.59 Å². The van der Waals surface area contributed by atoms with Crippen LogP contribution in [0.2, 0.25) is 0 Å². The minimum Gasteiger partial charge on any atom is -0.508 e. The molecule has 4 N–H and O–H groups in total. The summed E-state index contributed by atoms with van der Waals surface area (Å²) in [5.74, 6) is -1.58. The second-order valence-electron chi connectivity index (χ2n) is 2.81. The summed E-state index contributed by atoms with van der Waals surface area (Å²) in [4.78, 5) is 19.1. The number of phenols is 1. The van der Waals surface area contributed by atoms with Crippen LogP contribution in [0.5, 0.6) is 5.75 Å². The summed E-state index contributed by atoms with van der Waals surface area (Å²) in [5.41, 5.74) is 0.676. The Morgan fingerprint density at radius 1 is 1.19 bits per heavy atom. The van der Waals surface area contributed by atoms with Crippen molar-refractivity contribution in [3.05, 3.63) is 24.3 Å². The highest BCUT2D eigenvalue weighted by atomic mass is 16.4. The van der Waals surface area contributed by atoms with Crippen molar-refractivity contribution in [1.82, 2.24) is 0 Å². The number of benzene rings is 1. The van der Waals surface area contributed by atoms with Gasteiger partial charge in [0.2, 0.25) is 0 Å². The van der Waals surface area contributed by atoms with Crippen molar-refractivity contribution in [3.8, 4) is 5.75 Å². The van der Waals surface area contributed by atoms with Gasteiger partial charge in [-0.1, -0.05) is 0 Å². The standard InChI is InChI=1S/C8H9NO3.C2H4O2/c10-7-3-1-6(2-4-7)9-5-8(11)12;1-2(3)4/h1-4,9-10H,5H2,(H,11,12);1H3,(H,3,4). The van der Waals surface area contributed by atoms with E-state index in [1.165, 1.54) is 12.1 Å². The minimum atomic E-state index is -0.914. The second kappa shape index (κ2) is 7.10. The Kier molecular flexibility index (Phi) is 6.11. The molecule has 88 valence electrons. The van der Waals surface area contributed by atoms with Gasteiger partial charge in [0.05, 0.1) is 0 Å². The Balaban J connectivity index is 0.000000487. The molecule has 0 atom stereocenters. The highest BCUT2D eigenvalue weighted by Gasteiger charge is 1.95. The van der Waals surface area contributed by atoms with Gasteiger partial charge in [-0.05, 0) is 24.3 Å². The summed E-state index contributed by atoms with van der Waals surface area (Å²) in [5, 5.41) is 27.3. The van der Waals surface area contributed by atoms with Crippen molar-refractivity contribution in [3.63, 3.8) is 0 Å². The van der Waals surface area contributed by atoms with Crippen molar-refractivity contribution in [2.45, 2.75) is 6.92 Å². The molecule has 0 saturated heterocycles. The molecule has 0 aliphatic carbocycles. The lowest BCUT2D eigenvalue weighted by Gasteiger charge is -2.01. The average Bonchev–Trinajstić information content (AvgIpc) is 2.16. The zero-order valence-corrected chi connectivity index (χ0v) is 8.67. The van der Waals surface area contributed by atoms with Crippen LogP contribution < -0.4 is 5.32 Å². The third kappa shape index (κ3) is 8.36. The first-order chi connectivity index (χ1) is 7.41. The molecule has 16 heavy (non-hydrogen) atoms. The Bertz CT molecular complexity index is 343. The number of carboxylic acids is 2. The maximum Gasteiger partial charge on any atom is 0.322 e. The molecular weight excluding hydrogens is 214 g/mol. The van der Waals surface area contributed by atoms with Crippen molar-refractivity contribution in [2.75, 3.05) is 11.9 Å². The number of phenolic OH excluding ortho intramolecular Hbond substituents is 1. The fourth-order valence-electron chi connectivity index (χ4n) is 0.757. The number of rotatable bonds is 3. The molecule has 0 fully saturated rings. The predicted molar refractivity (Wildman–Crippen MR) is 57.5 cm³/mol. The number of nitrogens with one attached hydrogen (secondary N) is 1. The first-order valence-corrected chi connectivity index (χ1v) is 4.36. The van der Waals surface area contributed by atoms with Gasteiger partial charge in [-0.2, -0.15) is 0 Å². The second-order valence-corrected chi connectivity index (χ2v) is 2.81. The highest BCUT2D eigenvalue weighted by molar-refractivity contribution is 5.72. The zero-order chi connectivity index (χ0) is 12.6. The molecule has 1 aromatic rings. The molecule has 1 rings (SSSR count). The van der Waals surface area contributed by atoms with Crippen LogP contribution in [0.3, 0.4) is 0 Å². The number of aromatic hydroxyl groups is 1. The Morgan fingerprint density at radius 2 is 1.62 bits per heavy atom. The number of anilines is 1. The van der Waals surface area contributed by atoms with Crippen LogP contribution in [0.25, 0.3) is 0 Å². The Hall–Kier alpha value is -2.24. The molecule has 0 aliphatic rings. The SMILES string of the molecule is CC(=O)O.O=C(O)CNc1ccc(O)cc1. The van der Waals surface area contributed by atoms with E-state index < -0.39 is 11.9 Å². The quantitative estimate of drug-likeness (QED) is 0.573. The minimum absolute atomic E-state index is 0.120.